The summed E-state index contributed by atoms with van der Waals surface area (Å²) in [6.07, 6.45) is 4.58. The molecule has 1 heterocycles. The van der Waals surface area contributed by atoms with Crippen LogP contribution in [-0.2, 0) is 13.0 Å². The van der Waals surface area contributed by atoms with E-state index >= 15 is 0 Å². The van der Waals surface area contributed by atoms with Crippen molar-refractivity contribution in [3.8, 4) is 17.2 Å². The van der Waals surface area contributed by atoms with Gasteiger partial charge in [-0.2, -0.15) is 5.10 Å². The van der Waals surface area contributed by atoms with Gasteiger partial charge < -0.3 is 20.5 Å². The monoisotopic (exact) mass is 521 g/mol. The number of nitrogens with one attached hydrogen (secondary N) is 2. The predicted octanol–water partition coefficient (Wildman–Crippen LogP) is 3.50. The average molecular weight is 521 g/mol. The Bertz CT molecular complexity index is 927. The molecule has 7 nitrogen and oxygen atoms in total. The molecule has 0 amide bonds. The van der Waals surface area contributed by atoms with E-state index in [2.05, 4.69) is 45.0 Å². The molecule has 0 saturated carbocycles. The molecule has 160 valence electrons. The molecule has 1 aromatic heterocycles. The van der Waals surface area contributed by atoms with Gasteiger partial charge in [0.1, 0.15) is 0 Å². The molecule has 0 spiro atoms. The maximum absolute atomic E-state index is 9.90. The number of ether oxygens (including phenoxy) is 1. The van der Waals surface area contributed by atoms with E-state index in [9.17, 15) is 5.11 Å². The van der Waals surface area contributed by atoms with Crippen LogP contribution in [0.25, 0.3) is 5.69 Å². The number of aliphatic imine (C=N–C) groups is 1. The van der Waals surface area contributed by atoms with Crippen molar-refractivity contribution in [2.75, 3.05) is 20.2 Å². The molecular weight excluding hydrogens is 493 g/mol. The van der Waals surface area contributed by atoms with Crippen LogP contribution in [0.4, 0.5) is 0 Å². The Morgan fingerprint density at radius 2 is 1.90 bits per heavy atom. The largest absolute Gasteiger partial charge is 0.504 e. The molecule has 0 atom stereocenters. The first-order valence-corrected chi connectivity index (χ1v) is 9.66. The summed E-state index contributed by atoms with van der Waals surface area (Å²) in [6.45, 7) is 4.04. The van der Waals surface area contributed by atoms with Crippen LogP contribution in [-0.4, -0.2) is 41.0 Å². The van der Waals surface area contributed by atoms with Gasteiger partial charge in [-0.15, -0.1) is 24.0 Å². The van der Waals surface area contributed by atoms with Crippen molar-refractivity contribution in [1.82, 2.24) is 20.4 Å². The Morgan fingerprint density at radius 3 is 2.53 bits per heavy atom. The van der Waals surface area contributed by atoms with Crippen LogP contribution >= 0.6 is 24.0 Å². The Kier molecular flexibility index (Phi) is 9.46. The summed E-state index contributed by atoms with van der Waals surface area (Å²) in [6, 6.07) is 15.6. The predicted molar refractivity (Wildman–Crippen MR) is 130 cm³/mol. The fourth-order valence-corrected chi connectivity index (χ4v) is 2.91. The van der Waals surface area contributed by atoms with Crippen LogP contribution in [0, 0.1) is 0 Å². The number of benzene rings is 2. The minimum absolute atomic E-state index is 0. The summed E-state index contributed by atoms with van der Waals surface area (Å²) in [5.74, 6) is 1.33. The number of methoxy groups -OCH3 is 1. The molecule has 0 saturated heterocycles. The number of phenols is 1. The Hall–Kier alpha value is -2.75. The molecule has 3 aromatic rings. The first-order chi connectivity index (χ1) is 14.2. The first-order valence-electron chi connectivity index (χ1n) is 9.66. The second kappa shape index (κ2) is 12.1. The molecule has 0 aliphatic heterocycles. The maximum atomic E-state index is 9.90. The maximum Gasteiger partial charge on any atom is 0.191 e. The molecule has 30 heavy (non-hydrogen) atoms. The minimum atomic E-state index is 0. The van der Waals surface area contributed by atoms with Crippen LogP contribution in [0.2, 0.25) is 0 Å². The van der Waals surface area contributed by atoms with Gasteiger partial charge in [-0.05, 0) is 54.8 Å². The van der Waals surface area contributed by atoms with E-state index in [1.807, 2.05) is 29.9 Å². The number of hydrogen-bond acceptors (Lipinski definition) is 4. The van der Waals surface area contributed by atoms with E-state index in [-0.39, 0.29) is 29.7 Å². The van der Waals surface area contributed by atoms with Crippen LogP contribution in [0.5, 0.6) is 11.5 Å². The fraction of sp³-hybridized carbons (Fsp3) is 0.273. The summed E-state index contributed by atoms with van der Waals surface area (Å²) in [5, 5.41) is 20.7. The van der Waals surface area contributed by atoms with Gasteiger partial charge in [0.2, 0.25) is 0 Å². The van der Waals surface area contributed by atoms with Gasteiger partial charge >= 0.3 is 0 Å². The van der Waals surface area contributed by atoms with Crippen LogP contribution in [0.1, 0.15) is 18.1 Å². The number of aromatic hydroxyl groups is 1. The molecule has 3 N–H and O–H groups in total. The van der Waals surface area contributed by atoms with E-state index in [4.69, 9.17) is 4.74 Å². The van der Waals surface area contributed by atoms with E-state index in [1.54, 1.807) is 18.3 Å². The SMILES string of the molecule is CCNC(=NCc1ccc(OC)c(O)c1)NCCc1ccc(-n2cccn2)cc1.I. The van der Waals surface area contributed by atoms with E-state index in [1.165, 1.54) is 12.7 Å². The quantitative estimate of drug-likeness (QED) is 0.240. The van der Waals surface area contributed by atoms with Crippen molar-refractivity contribution in [2.24, 2.45) is 4.99 Å². The lowest BCUT2D eigenvalue weighted by Gasteiger charge is -2.12. The van der Waals surface area contributed by atoms with Gasteiger partial charge in [0, 0.05) is 25.5 Å². The molecule has 0 unspecified atom stereocenters. The number of guanidine groups is 1. The number of rotatable bonds is 8. The highest BCUT2D eigenvalue weighted by Gasteiger charge is 2.03. The number of hydrogen-bond donors (Lipinski definition) is 3. The lowest BCUT2D eigenvalue weighted by atomic mass is 10.1. The lowest BCUT2D eigenvalue weighted by molar-refractivity contribution is 0.373. The molecule has 0 radical (unpaired) electrons. The molecule has 0 bridgehead atoms. The van der Waals surface area contributed by atoms with Gasteiger partial charge in [0.05, 0.1) is 19.3 Å². The normalized spacial score (nSPS) is 10.9. The average Bonchev–Trinajstić information content (AvgIpc) is 3.27. The number of halogens is 1. The second-order valence-electron chi connectivity index (χ2n) is 6.50. The minimum Gasteiger partial charge on any atom is -0.504 e. The highest BCUT2D eigenvalue weighted by Crippen LogP contribution is 2.26. The molecule has 3 rings (SSSR count). The van der Waals surface area contributed by atoms with Gasteiger partial charge in [0.15, 0.2) is 17.5 Å². The van der Waals surface area contributed by atoms with E-state index < -0.39 is 0 Å². The van der Waals surface area contributed by atoms with Gasteiger partial charge in [-0.25, -0.2) is 9.67 Å². The van der Waals surface area contributed by atoms with E-state index in [0.717, 1.165) is 36.7 Å². The fourth-order valence-electron chi connectivity index (χ4n) is 2.91. The van der Waals surface area contributed by atoms with Gasteiger partial charge in [-0.1, -0.05) is 18.2 Å². The Morgan fingerprint density at radius 1 is 1.13 bits per heavy atom. The zero-order valence-corrected chi connectivity index (χ0v) is 19.5. The molecule has 0 aliphatic carbocycles. The van der Waals surface area contributed by atoms with Crippen LogP contribution in [0.15, 0.2) is 65.9 Å². The second-order valence-corrected chi connectivity index (χ2v) is 6.50. The topological polar surface area (TPSA) is 83.7 Å². The number of nitrogens with zero attached hydrogens (tertiary/aromatic N) is 3. The van der Waals surface area contributed by atoms with Gasteiger partial charge in [-0.3, -0.25) is 0 Å². The number of phenolic OH excluding ortho intramolecular Hbond substituents is 1. The summed E-state index contributed by atoms with van der Waals surface area (Å²) >= 11 is 0. The first kappa shape index (κ1) is 23.5. The smallest absolute Gasteiger partial charge is 0.191 e. The van der Waals surface area contributed by atoms with Crippen LogP contribution < -0.4 is 15.4 Å². The zero-order chi connectivity index (χ0) is 20.5. The van der Waals surface area contributed by atoms with Crippen LogP contribution in [0.3, 0.4) is 0 Å². The molecular formula is C22H28IN5O2. The van der Waals surface area contributed by atoms with Crippen molar-refractivity contribution in [1.29, 1.82) is 0 Å². The Labute approximate surface area is 194 Å². The lowest BCUT2D eigenvalue weighted by Crippen LogP contribution is -2.38. The zero-order valence-electron chi connectivity index (χ0n) is 17.2. The Balaban J connectivity index is 0.00000320. The molecule has 2 aromatic carbocycles. The van der Waals surface area contributed by atoms with Crippen molar-refractivity contribution < 1.29 is 9.84 Å². The van der Waals surface area contributed by atoms with E-state index in [0.29, 0.717) is 12.3 Å². The van der Waals surface area contributed by atoms with Gasteiger partial charge in [0.25, 0.3) is 0 Å². The van der Waals surface area contributed by atoms with Crippen molar-refractivity contribution in [3.05, 3.63) is 72.1 Å². The number of aromatic nitrogens is 2. The third kappa shape index (κ3) is 6.65. The highest BCUT2D eigenvalue weighted by atomic mass is 127. The molecule has 8 heteroatoms. The molecule has 0 aliphatic rings. The highest BCUT2D eigenvalue weighted by molar-refractivity contribution is 14.0. The third-order valence-electron chi connectivity index (χ3n) is 4.42. The summed E-state index contributed by atoms with van der Waals surface area (Å²) in [5.41, 5.74) is 3.20. The third-order valence-corrected chi connectivity index (χ3v) is 4.42. The van der Waals surface area contributed by atoms with Crippen molar-refractivity contribution >= 4 is 29.9 Å². The van der Waals surface area contributed by atoms with Crippen molar-refractivity contribution in [3.63, 3.8) is 0 Å². The van der Waals surface area contributed by atoms with Crippen molar-refractivity contribution in [2.45, 2.75) is 19.9 Å². The molecule has 0 fully saturated rings. The summed E-state index contributed by atoms with van der Waals surface area (Å²) in [4.78, 5) is 4.59. The summed E-state index contributed by atoms with van der Waals surface area (Å²) in [7, 11) is 1.53. The summed E-state index contributed by atoms with van der Waals surface area (Å²) < 4.78 is 6.91. The standard InChI is InChI=1S/C22H27N5O2.HI/c1-3-23-22(25-16-18-7-10-21(29-2)20(28)15-18)24-13-11-17-5-8-19(9-6-17)27-14-4-12-26-27;/h4-10,12,14-15,28H,3,11,13,16H2,1-2H3,(H2,23,24,25);1H.